The molecule has 0 heterocycles. The smallest absolute Gasteiger partial charge is 0.337 e. The van der Waals surface area contributed by atoms with E-state index in [9.17, 15) is 9.90 Å². The Labute approximate surface area is 78.8 Å². The van der Waals surface area contributed by atoms with Gasteiger partial charge in [-0.25, -0.2) is 4.79 Å². The summed E-state index contributed by atoms with van der Waals surface area (Å²) in [6.45, 7) is 7.28. The first-order valence-electron chi connectivity index (χ1n) is 4.49. The van der Waals surface area contributed by atoms with Crippen LogP contribution in [0.25, 0.3) is 0 Å². The van der Waals surface area contributed by atoms with E-state index in [-0.39, 0.29) is 12.7 Å². The molecule has 0 bridgehead atoms. The average molecular weight is 190 g/mol. The van der Waals surface area contributed by atoms with Gasteiger partial charge in [0.1, 0.15) is 0 Å². The molecule has 0 aromatic rings. The quantitative estimate of drug-likeness (QED) is 0.649. The van der Waals surface area contributed by atoms with Crippen LogP contribution in [-0.2, 0) is 14.3 Å². The second kappa shape index (κ2) is 5.94. The van der Waals surface area contributed by atoms with Crippen LogP contribution in [0, 0.1) is 0 Å². The Morgan fingerprint density at radius 2 is 1.92 bits per heavy atom. The fourth-order valence-corrected chi connectivity index (χ4v) is 0.923. The minimum atomic E-state index is -1.19. The molecule has 0 aliphatic heterocycles. The van der Waals surface area contributed by atoms with Crippen molar-refractivity contribution in [3.8, 4) is 0 Å². The summed E-state index contributed by atoms with van der Waals surface area (Å²) < 4.78 is 9.87. The maximum atomic E-state index is 11.0. The van der Waals surface area contributed by atoms with Gasteiger partial charge in [0.05, 0.1) is 18.8 Å². The number of hydrogen-bond acceptors (Lipinski definition) is 4. The highest BCUT2D eigenvalue weighted by Gasteiger charge is 2.24. The summed E-state index contributed by atoms with van der Waals surface area (Å²) in [4.78, 5) is 11.0. The number of aliphatic hydroxyl groups is 1. The molecule has 0 fully saturated rings. The van der Waals surface area contributed by atoms with Gasteiger partial charge in [0.15, 0.2) is 6.10 Å². The van der Waals surface area contributed by atoms with Gasteiger partial charge in [-0.3, -0.25) is 0 Å². The molecule has 0 rings (SSSR count). The van der Waals surface area contributed by atoms with Gasteiger partial charge in [0, 0.05) is 0 Å². The van der Waals surface area contributed by atoms with Crippen LogP contribution < -0.4 is 0 Å². The van der Waals surface area contributed by atoms with Gasteiger partial charge in [0.2, 0.25) is 0 Å². The maximum Gasteiger partial charge on any atom is 0.337 e. The van der Waals surface area contributed by atoms with E-state index in [2.05, 4.69) is 4.74 Å². The SMILES string of the molecule is CCOC(=O)C(O)C(C)OC(C)C. The Morgan fingerprint density at radius 1 is 1.38 bits per heavy atom. The van der Waals surface area contributed by atoms with Crippen LogP contribution in [0.5, 0.6) is 0 Å². The van der Waals surface area contributed by atoms with E-state index in [1.54, 1.807) is 13.8 Å². The van der Waals surface area contributed by atoms with E-state index in [1.165, 1.54) is 0 Å². The van der Waals surface area contributed by atoms with E-state index in [0.29, 0.717) is 0 Å². The molecule has 0 spiro atoms. The lowest BCUT2D eigenvalue weighted by atomic mass is 10.2. The van der Waals surface area contributed by atoms with E-state index in [1.807, 2.05) is 13.8 Å². The topological polar surface area (TPSA) is 55.8 Å². The molecule has 0 aliphatic rings. The Morgan fingerprint density at radius 3 is 2.31 bits per heavy atom. The predicted octanol–water partition coefficient (Wildman–Crippen LogP) is 0.724. The molecule has 4 heteroatoms. The van der Waals surface area contributed by atoms with Crippen LogP contribution in [-0.4, -0.2) is 36.0 Å². The van der Waals surface area contributed by atoms with Crippen molar-refractivity contribution in [3.63, 3.8) is 0 Å². The molecule has 0 aromatic heterocycles. The van der Waals surface area contributed by atoms with Crippen LogP contribution in [0.3, 0.4) is 0 Å². The first-order chi connectivity index (χ1) is 5.99. The lowest BCUT2D eigenvalue weighted by molar-refractivity contribution is -0.162. The number of rotatable bonds is 5. The monoisotopic (exact) mass is 190 g/mol. The molecular weight excluding hydrogens is 172 g/mol. The van der Waals surface area contributed by atoms with E-state index < -0.39 is 18.2 Å². The first kappa shape index (κ1) is 12.4. The van der Waals surface area contributed by atoms with Gasteiger partial charge in [0.25, 0.3) is 0 Å². The van der Waals surface area contributed by atoms with Gasteiger partial charge in [-0.2, -0.15) is 0 Å². The van der Waals surface area contributed by atoms with Crippen molar-refractivity contribution in [2.45, 2.75) is 46.0 Å². The number of esters is 1. The lowest BCUT2D eigenvalue weighted by Gasteiger charge is -2.20. The Balaban J connectivity index is 3.93. The predicted molar refractivity (Wildman–Crippen MR) is 48.3 cm³/mol. The fourth-order valence-electron chi connectivity index (χ4n) is 0.923. The van der Waals surface area contributed by atoms with Gasteiger partial charge in [-0.05, 0) is 27.7 Å². The van der Waals surface area contributed by atoms with Crippen molar-refractivity contribution >= 4 is 5.97 Å². The van der Waals surface area contributed by atoms with Crippen molar-refractivity contribution in [2.24, 2.45) is 0 Å². The molecule has 0 aliphatic carbocycles. The zero-order valence-corrected chi connectivity index (χ0v) is 8.61. The van der Waals surface area contributed by atoms with Crippen LogP contribution in [0.15, 0.2) is 0 Å². The highest BCUT2D eigenvalue weighted by atomic mass is 16.6. The van der Waals surface area contributed by atoms with Crippen molar-refractivity contribution in [2.75, 3.05) is 6.61 Å². The summed E-state index contributed by atoms with van der Waals surface area (Å²) >= 11 is 0. The van der Waals surface area contributed by atoms with E-state index >= 15 is 0 Å². The molecule has 13 heavy (non-hydrogen) atoms. The van der Waals surface area contributed by atoms with Crippen molar-refractivity contribution in [1.29, 1.82) is 0 Å². The third-order valence-electron chi connectivity index (χ3n) is 1.46. The molecular formula is C9H18O4. The molecule has 0 amide bonds. The molecule has 1 N–H and O–H groups in total. The molecule has 78 valence electrons. The molecule has 4 nitrogen and oxygen atoms in total. The second-order valence-corrected chi connectivity index (χ2v) is 3.09. The van der Waals surface area contributed by atoms with E-state index in [0.717, 1.165) is 0 Å². The van der Waals surface area contributed by atoms with Gasteiger partial charge < -0.3 is 14.6 Å². The third kappa shape index (κ3) is 4.85. The maximum absolute atomic E-state index is 11.0. The number of aliphatic hydroxyl groups excluding tert-OH is 1. The summed E-state index contributed by atoms with van der Waals surface area (Å²) in [6.07, 6.45) is -1.74. The number of carbonyl (C=O) groups excluding carboxylic acids is 1. The highest BCUT2D eigenvalue weighted by molar-refractivity contribution is 5.74. The molecule has 0 saturated heterocycles. The summed E-state index contributed by atoms with van der Waals surface area (Å²) in [5.74, 6) is -0.629. The largest absolute Gasteiger partial charge is 0.464 e. The standard InChI is InChI=1S/C9H18O4/c1-5-12-9(11)8(10)7(4)13-6(2)3/h6-8,10H,5H2,1-4H3. The lowest BCUT2D eigenvalue weighted by Crippen LogP contribution is -2.36. The Hall–Kier alpha value is -0.610. The molecule has 2 unspecified atom stereocenters. The molecule has 0 saturated carbocycles. The summed E-state index contributed by atoms with van der Waals surface area (Å²) in [6, 6.07) is 0. The Bertz CT molecular complexity index is 156. The highest BCUT2D eigenvalue weighted by Crippen LogP contribution is 2.04. The molecule has 0 aromatic carbocycles. The summed E-state index contributed by atoms with van der Waals surface area (Å²) in [5.41, 5.74) is 0. The second-order valence-electron chi connectivity index (χ2n) is 3.09. The zero-order chi connectivity index (χ0) is 10.4. The average Bonchev–Trinajstić information content (AvgIpc) is 2.02. The van der Waals surface area contributed by atoms with Crippen molar-refractivity contribution < 1.29 is 19.4 Å². The number of hydrogen-bond donors (Lipinski definition) is 1. The minimum Gasteiger partial charge on any atom is -0.464 e. The van der Waals surface area contributed by atoms with Crippen LogP contribution in [0.1, 0.15) is 27.7 Å². The summed E-state index contributed by atoms with van der Waals surface area (Å²) in [5, 5.41) is 9.37. The van der Waals surface area contributed by atoms with Crippen molar-refractivity contribution in [1.82, 2.24) is 0 Å². The van der Waals surface area contributed by atoms with Gasteiger partial charge in [-0.15, -0.1) is 0 Å². The first-order valence-corrected chi connectivity index (χ1v) is 4.49. The van der Waals surface area contributed by atoms with Gasteiger partial charge in [-0.1, -0.05) is 0 Å². The van der Waals surface area contributed by atoms with Crippen molar-refractivity contribution in [3.05, 3.63) is 0 Å². The Kier molecular flexibility index (Phi) is 5.66. The minimum absolute atomic E-state index is 0.0147. The van der Waals surface area contributed by atoms with Crippen LogP contribution in [0.4, 0.5) is 0 Å². The summed E-state index contributed by atoms with van der Waals surface area (Å²) in [7, 11) is 0. The molecule has 2 atom stereocenters. The zero-order valence-electron chi connectivity index (χ0n) is 8.61. The van der Waals surface area contributed by atoms with Gasteiger partial charge >= 0.3 is 5.97 Å². The number of carbonyl (C=O) groups is 1. The third-order valence-corrected chi connectivity index (χ3v) is 1.46. The van der Waals surface area contributed by atoms with Crippen LogP contribution >= 0.6 is 0 Å². The fraction of sp³-hybridized carbons (Fsp3) is 0.889. The normalized spacial score (nSPS) is 15.5. The number of ether oxygens (including phenoxy) is 2. The molecule has 0 radical (unpaired) electrons. The van der Waals surface area contributed by atoms with E-state index in [4.69, 9.17) is 4.74 Å². The van der Waals surface area contributed by atoms with Crippen LogP contribution in [0.2, 0.25) is 0 Å².